The summed E-state index contributed by atoms with van der Waals surface area (Å²) in [5.74, 6) is 0.0398. The fourth-order valence-electron chi connectivity index (χ4n) is 2.30. The topological polar surface area (TPSA) is 41.6 Å². The number of carbonyl (C=O) groups is 1. The van der Waals surface area contributed by atoms with Gasteiger partial charge in [-0.3, -0.25) is 4.79 Å². The molecular formula is C14H18Cl2N2O2. The van der Waals surface area contributed by atoms with E-state index in [4.69, 9.17) is 27.9 Å². The number of halogens is 2. The molecule has 110 valence electrons. The maximum absolute atomic E-state index is 12.2. The average molecular weight is 317 g/mol. The van der Waals surface area contributed by atoms with Crippen LogP contribution in [-0.2, 0) is 9.53 Å². The van der Waals surface area contributed by atoms with Crippen molar-refractivity contribution < 1.29 is 9.53 Å². The molecule has 0 aromatic heterocycles. The number of anilines is 1. The molecule has 2 atom stereocenters. The van der Waals surface area contributed by atoms with Gasteiger partial charge in [-0.25, -0.2) is 0 Å². The Labute approximate surface area is 129 Å². The molecule has 1 saturated heterocycles. The highest BCUT2D eigenvalue weighted by atomic mass is 35.5. The zero-order valence-corrected chi connectivity index (χ0v) is 13.0. The number of hydrogen-bond acceptors (Lipinski definition) is 3. The number of carbonyl (C=O) groups excluding carboxylic acids is 1. The molecule has 0 bridgehead atoms. The summed E-state index contributed by atoms with van der Waals surface area (Å²) in [6, 6.07) is 5.15. The predicted molar refractivity (Wildman–Crippen MR) is 81.5 cm³/mol. The number of rotatable bonds is 3. The number of nitrogens with one attached hydrogen (secondary N) is 1. The van der Waals surface area contributed by atoms with Crippen LogP contribution in [0, 0.1) is 0 Å². The Kier molecular flexibility index (Phi) is 5.13. The molecule has 1 aliphatic heterocycles. The third-order valence-corrected chi connectivity index (χ3v) is 3.68. The molecule has 1 aromatic carbocycles. The van der Waals surface area contributed by atoms with Crippen LogP contribution in [0.5, 0.6) is 0 Å². The van der Waals surface area contributed by atoms with Gasteiger partial charge in [0.2, 0.25) is 5.91 Å². The van der Waals surface area contributed by atoms with Crippen LogP contribution in [0.1, 0.15) is 13.8 Å². The number of ether oxygens (including phenoxy) is 1. The zero-order chi connectivity index (χ0) is 14.7. The van der Waals surface area contributed by atoms with Crippen LogP contribution in [0.3, 0.4) is 0 Å². The normalized spacial score (nSPS) is 22.7. The second kappa shape index (κ2) is 6.66. The monoisotopic (exact) mass is 316 g/mol. The van der Waals surface area contributed by atoms with Gasteiger partial charge in [-0.1, -0.05) is 23.2 Å². The van der Waals surface area contributed by atoms with Gasteiger partial charge in [0, 0.05) is 18.1 Å². The number of nitrogens with zero attached hydrogens (tertiary/aromatic N) is 1. The highest BCUT2D eigenvalue weighted by Gasteiger charge is 2.25. The Bertz CT molecular complexity index is 486. The van der Waals surface area contributed by atoms with Crippen molar-refractivity contribution in [2.75, 3.05) is 25.0 Å². The summed E-state index contributed by atoms with van der Waals surface area (Å²) in [5.41, 5.74) is 0.707. The summed E-state index contributed by atoms with van der Waals surface area (Å²) in [6.07, 6.45) is 0.142. The lowest BCUT2D eigenvalue weighted by molar-refractivity contribution is -0.141. The van der Waals surface area contributed by atoms with Gasteiger partial charge in [0.15, 0.2) is 0 Å². The second-order valence-corrected chi connectivity index (χ2v) is 5.88. The first kappa shape index (κ1) is 15.4. The molecule has 1 N–H and O–H groups in total. The first-order chi connectivity index (χ1) is 9.45. The van der Waals surface area contributed by atoms with E-state index in [1.165, 1.54) is 0 Å². The third kappa shape index (κ3) is 4.01. The molecule has 0 unspecified atom stereocenters. The van der Waals surface area contributed by atoms with Gasteiger partial charge in [0.05, 0.1) is 29.5 Å². The minimum Gasteiger partial charge on any atom is -0.375 e. The number of hydrogen-bond donors (Lipinski definition) is 1. The number of amides is 1. The minimum absolute atomic E-state index is 0.0398. The minimum atomic E-state index is 0.0398. The van der Waals surface area contributed by atoms with Crippen LogP contribution in [0.15, 0.2) is 18.2 Å². The molecular weight excluding hydrogens is 299 g/mol. The molecule has 0 radical (unpaired) electrons. The van der Waals surface area contributed by atoms with Crippen molar-refractivity contribution in [3.63, 3.8) is 0 Å². The summed E-state index contributed by atoms with van der Waals surface area (Å²) in [5, 5.41) is 4.12. The molecule has 1 aliphatic rings. The van der Waals surface area contributed by atoms with E-state index in [1.807, 2.05) is 18.7 Å². The third-order valence-electron chi connectivity index (χ3n) is 3.13. The highest BCUT2D eigenvalue weighted by molar-refractivity contribution is 6.36. The molecule has 1 aromatic rings. The van der Waals surface area contributed by atoms with E-state index in [0.29, 0.717) is 28.8 Å². The lowest BCUT2D eigenvalue weighted by Crippen LogP contribution is -2.49. The van der Waals surface area contributed by atoms with Crippen molar-refractivity contribution in [3.8, 4) is 0 Å². The molecule has 1 heterocycles. The fourth-order valence-corrected chi connectivity index (χ4v) is 2.77. The van der Waals surface area contributed by atoms with Gasteiger partial charge < -0.3 is 15.0 Å². The molecule has 0 aliphatic carbocycles. The molecule has 1 fully saturated rings. The van der Waals surface area contributed by atoms with Crippen LogP contribution >= 0.6 is 23.2 Å². The summed E-state index contributed by atoms with van der Waals surface area (Å²) >= 11 is 11.9. The summed E-state index contributed by atoms with van der Waals surface area (Å²) < 4.78 is 5.61. The van der Waals surface area contributed by atoms with Crippen LogP contribution in [-0.4, -0.2) is 42.6 Å². The maximum atomic E-state index is 12.2. The largest absolute Gasteiger partial charge is 0.375 e. The van der Waals surface area contributed by atoms with E-state index in [0.717, 1.165) is 0 Å². The smallest absolute Gasteiger partial charge is 0.242 e. The molecule has 0 spiro atoms. The molecule has 2 rings (SSSR count). The van der Waals surface area contributed by atoms with Crippen LogP contribution in [0.25, 0.3) is 0 Å². The molecule has 20 heavy (non-hydrogen) atoms. The van der Waals surface area contributed by atoms with Gasteiger partial charge in [-0.2, -0.15) is 0 Å². The average Bonchev–Trinajstić information content (AvgIpc) is 2.36. The Balaban J connectivity index is 1.91. The zero-order valence-electron chi connectivity index (χ0n) is 11.5. The lowest BCUT2D eigenvalue weighted by Gasteiger charge is -2.35. The van der Waals surface area contributed by atoms with E-state index in [9.17, 15) is 4.79 Å². The summed E-state index contributed by atoms with van der Waals surface area (Å²) in [7, 11) is 0. The van der Waals surface area contributed by atoms with Crippen molar-refractivity contribution in [1.82, 2.24) is 4.90 Å². The van der Waals surface area contributed by atoms with E-state index >= 15 is 0 Å². The van der Waals surface area contributed by atoms with Crippen molar-refractivity contribution in [3.05, 3.63) is 28.2 Å². The summed E-state index contributed by atoms with van der Waals surface area (Å²) in [4.78, 5) is 14.0. The Morgan fingerprint density at radius 3 is 2.60 bits per heavy atom. The van der Waals surface area contributed by atoms with Gasteiger partial charge in [0.1, 0.15) is 0 Å². The van der Waals surface area contributed by atoms with E-state index < -0.39 is 0 Å². The van der Waals surface area contributed by atoms with Crippen molar-refractivity contribution in [2.45, 2.75) is 26.1 Å². The SMILES string of the molecule is C[C@H]1CN(C(=O)CNc2ccc(Cl)cc2Cl)C[C@H](C)O1. The highest BCUT2D eigenvalue weighted by Crippen LogP contribution is 2.25. The first-order valence-corrected chi connectivity index (χ1v) is 7.33. The fraction of sp³-hybridized carbons (Fsp3) is 0.500. The summed E-state index contributed by atoms with van der Waals surface area (Å²) in [6.45, 7) is 5.40. The van der Waals surface area contributed by atoms with Gasteiger partial charge in [-0.15, -0.1) is 0 Å². The first-order valence-electron chi connectivity index (χ1n) is 6.58. The standard InChI is InChI=1S/C14H18Cl2N2O2/c1-9-7-18(8-10(2)20-9)14(19)6-17-13-4-3-11(15)5-12(13)16/h3-5,9-10,17H,6-8H2,1-2H3/t9-,10-/m0/s1. The van der Waals surface area contributed by atoms with Crippen LogP contribution < -0.4 is 5.32 Å². The van der Waals surface area contributed by atoms with E-state index in [2.05, 4.69) is 5.32 Å². The molecule has 6 heteroatoms. The van der Waals surface area contributed by atoms with Crippen molar-refractivity contribution >= 4 is 34.8 Å². The van der Waals surface area contributed by atoms with Gasteiger partial charge in [0.25, 0.3) is 0 Å². The Morgan fingerprint density at radius 2 is 2.00 bits per heavy atom. The molecule has 1 amide bonds. The second-order valence-electron chi connectivity index (χ2n) is 5.03. The Morgan fingerprint density at radius 1 is 1.35 bits per heavy atom. The van der Waals surface area contributed by atoms with Crippen LogP contribution in [0.4, 0.5) is 5.69 Å². The number of benzene rings is 1. The molecule has 4 nitrogen and oxygen atoms in total. The quantitative estimate of drug-likeness (QED) is 0.932. The van der Waals surface area contributed by atoms with Crippen LogP contribution in [0.2, 0.25) is 10.0 Å². The van der Waals surface area contributed by atoms with Gasteiger partial charge in [-0.05, 0) is 32.0 Å². The van der Waals surface area contributed by atoms with Crippen molar-refractivity contribution in [2.24, 2.45) is 0 Å². The number of morpholine rings is 1. The lowest BCUT2D eigenvalue weighted by atomic mass is 10.2. The maximum Gasteiger partial charge on any atom is 0.242 e. The van der Waals surface area contributed by atoms with E-state index in [-0.39, 0.29) is 24.7 Å². The predicted octanol–water partition coefficient (Wildman–Crippen LogP) is 3.04. The molecule has 0 saturated carbocycles. The van der Waals surface area contributed by atoms with E-state index in [1.54, 1.807) is 18.2 Å². The Hall–Kier alpha value is -0.970. The van der Waals surface area contributed by atoms with Gasteiger partial charge >= 0.3 is 0 Å². The van der Waals surface area contributed by atoms with Crippen molar-refractivity contribution in [1.29, 1.82) is 0 Å².